The van der Waals surface area contributed by atoms with Crippen LogP contribution in [0.2, 0.25) is 0 Å². The van der Waals surface area contributed by atoms with Crippen LogP contribution in [-0.2, 0) is 4.79 Å². The Morgan fingerprint density at radius 2 is 1.92 bits per heavy atom. The molecule has 78 valence electrons. The fourth-order valence-corrected chi connectivity index (χ4v) is 1.62. The molecular formula is C11H23NO. The maximum absolute atomic E-state index is 10.6. The second kappa shape index (κ2) is 6.93. The first kappa shape index (κ1) is 12.5. The molecule has 0 aromatic heterocycles. The second-order valence-electron chi connectivity index (χ2n) is 4.06. The molecule has 0 unspecified atom stereocenters. The SMILES string of the molecule is CCC[C@@H](CCNC(C)=O)C(C)C. The molecule has 1 amide bonds. The Bertz CT molecular complexity index is 143. The largest absolute Gasteiger partial charge is 0.356 e. The molecule has 0 heterocycles. The van der Waals surface area contributed by atoms with Crippen molar-refractivity contribution in [2.75, 3.05) is 6.54 Å². The van der Waals surface area contributed by atoms with Gasteiger partial charge in [0.2, 0.25) is 5.91 Å². The fourth-order valence-electron chi connectivity index (χ4n) is 1.62. The van der Waals surface area contributed by atoms with Gasteiger partial charge in [0.05, 0.1) is 0 Å². The lowest BCUT2D eigenvalue weighted by Crippen LogP contribution is -2.24. The van der Waals surface area contributed by atoms with Crippen molar-refractivity contribution in [3.8, 4) is 0 Å². The topological polar surface area (TPSA) is 29.1 Å². The Kier molecular flexibility index (Phi) is 6.65. The lowest BCUT2D eigenvalue weighted by Gasteiger charge is -2.19. The Hall–Kier alpha value is -0.530. The van der Waals surface area contributed by atoms with Crippen molar-refractivity contribution in [1.82, 2.24) is 5.32 Å². The average molecular weight is 185 g/mol. The highest BCUT2D eigenvalue weighted by molar-refractivity contribution is 5.72. The predicted octanol–water partition coefficient (Wildman–Crippen LogP) is 2.58. The maximum Gasteiger partial charge on any atom is 0.216 e. The molecule has 0 fully saturated rings. The van der Waals surface area contributed by atoms with Crippen LogP contribution < -0.4 is 5.32 Å². The van der Waals surface area contributed by atoms with Gasteiger partial charge in [-0.2, -0.15) is 0 Å². The summed E-state index contributed by atoms with van der Waals surface area (Å²) in [5.74, 6) is 1.57. The number of nitrogens with one attached hydrogen (secondary N) is 1. The molecule has 0 spiro atoms. The molecule has 0 radical (unpaired) electrons. The van der Waals surface area contributed by atoms with Gasteiger partial charge >= 0.3 is 0 Å². The van der Waals surface area contributed by atoms with Gasteiger partial charge in [0, 0.05) is 13.5 Å². The summed E-state index contributed by atoms with van der Waals surface area (Å²) in [5.41, 5.74) is 0. The molecule has 1 atom stereocenters. The minimum atomic E-state index is 0.0824. The number of carbonyl (C=O) groups is 1. The van der Waals surface area contributed by atoms with Gasteiger partial charge in [-0.15, -0.1) is 0 Å². The lowest BCUT2D eigenvalue weighted by atomic mass is 9.88. The number of rotatable bonds is 6. The normalized spacial score (nSPS) is 13.0. The highest BCUT2D eigenvalue weighted by Gasteiger charge is 2.11. The Labute approximate surface area is 82.1 Å². The summed E-state index contributed by atoms with van der Waals surface area (Å²) in [4.78, 5) is 10.6. The van der Waals surface area contributed by atoms with Crippen molar-refractivity contribution < 1.29 is 4.79 Å². The van der Waals surface area contributed by atoms with Crippen LogP contribution in [-0.4, -0.2) is 12.5 Å². The third kappa shape index (κ3) is 6.62. The molecule has 0 aliphatic heterocycles. The number of hydrogen-bond donors (Lipinski definition) is 1. The van der Waals surface area contributed by atoms with E-state index >= 15 is 0 Å². The van der Waals surface area contributed by atoms with E-state index in [0.717, 1.165) is 24.8 Å². The molecule has 0 bridgehead atoms. The van der Waals surface area contributed by atoms with Crippen molar-refractivity contribution in [3.05, 3.63) is 0 Å². The fraction of sp³-hybridized carbons (Fsp3) is 0.909. The number of carbonyl (C=O) groups excluding carboxylic acids is 1. The summed E-state index contributed by atoms with van der Waals surface area (Å²) in [6, 6.07) is 0. The summed E-state index contributed by atoms with van der Waals surface area (Å²) < 4.78 is 0. The van der Waals surface area contributed by atoms with Crippen molar-refractivity contribution in [2.45, 2.75) is 47.0 Å². The van der Waals surface area contributed by atoms with Crippen LogP contribution in [0.3, 0.4) is 0 Å². The van der Waals surface area contributed by atoms with Crippen LogP contribution in [0.5, 0.6) is 0 Å². The van der Waals surface area contributed by atoms with E-state index in [2.05, 4.69) is 26.1 Å². The van der Waals surface area contributed by atoms with E-state index in [1.54, 1.807) is 6.92 Å². The van der Waals surface area contributed by atoms with Gasteiger partial charge in [-0.25, -0.2) is 0 Å². The average Bonchev–Trinajstić information content (AvgIpc) is 2.02. The van der Waals surface area contributed by atoms with E-state index in [9.17, 15) is 4.79 Å². The van der Waals surface area contributed by atoms with E-state index in [-0.39, 0.29) is 5.91 Å². The standard InChI is InChI=1S/C11H23NO/c1-5-6-11(9(2)3)7-8-12-10(4)13/h9,11H,5-8H2,1-4H3,(H,12,13)/t11-/m0/s1. The summed E-state index contributed by atoms with van der Waals surface area (Å²) in [6.45, 7) is 9.14. The van der Waals surface area contributed by atoms with Crippen molar-refractivity contribution in [3.63, 3.8) is 0 Å². The molecule has 0 aromatic rings. The first-order valence-corrected chi connectivity index (χ1v) is 5.32. The van der Waals surface area contributed by atoms with E-state index in [0.29, 0.717) is 0 Å². The summed E-state index contributed by atoms with van der Waals surface area (Å²) in [5, 5.41) is 2.85. The van der Waals surface area contributed by atoms with Gasteiger partial charge in [0.25, 0.3) is 0 Å². The first-order valence-electron chi connectivity index (χ1n) is 5.32. The molecule has 2 heteroatoms. The Morgan fingerprint density at radius 3 is 2.31 bits per heavy atom. The zero-order chi connectivity index (χ0) is 10.3. The summed E-state index contributed by atoms with van der Waals surface area (Å²) >= 11 is 0. The van der Waals surface area contributed by atoms with Gasteiger partial charge in [-0.1, -0.05) is 33.6 Å². The quantitative estimate of drug-likeness (QED) is 0.677. The minimum absolute atomic E-state index is 0.0824. The third-order valence-corrected chi connectivity index (χ3v) is 2.49. The van der Waals surface area contributed by atoms with E-state index < -0.39 is 0 Å². The zero-order valence-corrected chi connectivity index (χ0v) is 9.39. The van der Waals surface area contributed by atoms with Gasteiger partial charge in [0.15, 0.2) is 0 Å². The highest BCUT2D eigenvalue weighted by atomic mass is 16.1. The van der Waals surface area contributed by atoms with Crippen LogP contribution in [0.15, 0.2) is 0 Å². The van der Waals surface area contributed by atoms with Gasteiger partial charge < -0.3 is 5.32 Å². The minimum Gasteiger partial charge on any atom is -0.356 e. The molecule has 0 aromatic carbocycles. The Morgan fingerprint density at radius 1 is 1.31 bits per heavy atom. The molecule has 0 saturated heterocycles. The molecule has 1 N–H and O–H groups in total. The zero-order valence-electron chi connectivity index (χ0n) is 9.39. The van der Waals surface area contributed by atoms with E-state index in [4.69, 9.17) is 0 Å². The van der Waals surface area contributed by atoms with Crippen LogP contribution in [0.25, 0.3) is 0 Å². The van der Waals surface area contributed by atoms with Crippen LogP contribution in [0.1, 0.15) is 47.0 Å². The van der Waals surface area contributed by atoms with Gasteiger partial charge in [0.1, 0.15) is 0 Å². The molecule has 13 heavy (non-hydrogen) atoms. The van der Waals surface area contributed by atoms with Gasteiger partial charge in [-0.3, -0.25) is 4.79 Å². The predicted molar refractivity (Wildman–Crippen MR) is 56.5 cm³/mol. The first-order chi connectivity index (χ1) is 6.07. The summed E-state index contributed by atoms with van der Waals surface area (Å²) in [6.07, 6.45) is 3.63. The summed E-state index contributed by atoms with van der Waals surface area (Å²) in [7, 11) is 0. The molecule has 0 rings (SSSR count). The molecule has 0 saturated carbocycles. The molecule has 2 nitrogen and oxygen atoms in total. The second-order valence-corrected chi connectivity index (χ2v) is 4.06. The van der Waals surface area contributed by atoms with E-state index in [1.165, 1.54) is 12.8 Å². The number of amides is 1. The smallest absolute Gasteiger partial charge is 0.216 e. The molecule has 0 aliphatic carbocycles. The van der Waals surface area contributed by atoms with Crippen molar-refractivity contribution >= 4 is 5.91 Å². The van der Waals surface area contributed by atoms with Crippen LogP contribution in [0, 0.1) is 11.8 Å². The van der Waals surface area contributed by atoms with Crippen molar-refractivity contribution in [1.29, 1.82) is 0 Å². The maximum atomic E-state index is 10.6. The Balaban J connectivity index is 3.62. The monoisotopic (exact) mass is 185 g/mol. The molecular weight excluding hydrogens is 162 g/mol. The lowest BCUT2D eigenvalue weighted by molar-refractivity contribution is -0.119. The van der Waals surface area contributed by atoms with Crippen LogP contribution >= 0.6 is 0 Å². The van der Waals surface area contributed by atoms with Crippen molar-refractivity contribution in [2.24, 2.45) is 11.8 Å². The number of hydrogen-bond acceptors (Lipinski definition) is 1. The molecule has 0 aliphatic rings. The highest BCUT2D eigenvalue weighted by Crippen LogP contribution is 2.19. The third-order valence-electron chi connectivity index (χ3n) is 2.49. The van der Waals surface area contributed by atoms with Gasteiger partial charge in [-0.05, 0) is 18.3 Å². The van der Waals surface area contributed by atoms with E-state index in [1.807, 2.05) is 0 Å². The van der Waals surface area contributed by atoms with Crippen LogP contribution in [0.4, 0.5) is 0 Å².